The number of ether oxygens (including phenoxy) is 1. The third-order valence-electron chi connectivity index (χ3n) is 3.30. The molecule has 2 rings (SSSR count). The Kier molecular flexibility index (Phi) is 2.88. The van der Waals surface area contributed by atoms with E-state index in [1.807, 2.05) is 18.7 Å². The zero-order chi connectivity index (χ0) is 11.9. The van der Waals surface area contributed by atoms with Gasteiger partial charge in [-0.25, -0.2) is 0 Å². The summed E-state index contributed by atoms with van der Waals surface area (Å²) in [5.74, 6) is 0.0795. The van der Waals surface area contributed by atoms with Gasteiger partial charge in [0.05, 0.1) is 12.1 Å². The average Bonchev–Trinajstić information content (AvgIpc) is 2.60. The van der Waals surface area contributed by atoms with Gasteiger partial charge in [0, 0.05) is 26.1 Å². The molecule has 0 aromatic rings. The zero-order valence-corrected chi connectivity index (χ0v) is 9.97. The second-order valence-corrected chi connectivity index (χ2v) is 4.74. The molecule has 2 saturated heterocycles. The lowest BCUT2D eigenvalue weighted by molar-refractivity contribution is -0.155. The summed E-state index contributed by atoms with van der Waals surface area (Å²) in [6.07, 6.45) is -0.0102. The summed E-state index contributed by atoms with van der Waals surface area (Å²) in [5, 5.41) is 0. The van der Waals surface area contributed by atoms with E-state index in [-0.39, 0.29) is 36.6 Å². The lowest BCUT2D eigenvalue weighted by Gasteiger charge is -2.39. The lowest BCUT2D eigenvalue weighted by atomic mass is 10.1. The van der Waals surface area contributed by atoms with Crippen LogP contribution in [0.4, 0.5) is 0 Å². The molecule has 0 aromatic carbocycles. The van der Waals surface area contributed by atoms with Gasteiger partial charge in [-0.1, -0.05) is 0 Å². The second kappa shape index (κ2) is 4.05. The van der Waals surface area contributed by atoms with Crippen LogP contribution in [0.2, 0.25) is 0 Å². The number of carbonyl (C=O) groups excluding carboxylic acids is 2. The van der Waals surface area contributed by atoms with E-state index in [1.54, 1.807) is 11.8 Å². The highest BCUT2D eigenvalue weighted by molar-refractivity contribution is 5.79. The molecule has 2 aliphatic rings. The molecule has 0 aromatic heterocycles. The minimum Gasteiger partial charge on any atom is -0.364 e. The molecule has 0 N–H and O–H groups in total. The maximum absolute atomic E-state index is 11.8. The Morgan fingerprint density at radius 2 is 2.12 bits per heavy atom. The van der Waals surface area contributed by atoms with Crippen molar-refractivity contribution in [1.29, 1.82) is 0 Å². The standard InChI is InChI=1S/C11H18N2O3/c1-7(2)13-9-4-12(8(3)14)5-10(9)16-6-11(13)15/h7,9-10H,4-6H2,1-3H3/t9-,10+/m1/s1. The Labute approximate surface area is 95.3 Å². The van der Waals surface area contributed by atoms with Gasteiger partial charge in [-0.3, -0.25) is 9.59 Å². The average molecular weight is 226 g/mol. The number of likely N-dealkylation sites (tertiary alicyclic amines) is 1. The Morgan fingerprint density at radius 1 is 1.44 bits per heavy atom. The molecule has 16 heavy (non-hydrogen) atoms. The van der Waals surface area contributed by atoms with Gasteiger partial charge < -0.3 is 14.5 Å². The van der Waals surface area contributed by atoms with E-state index in [9.17, 15) is 9.59 Å². The van der Waals surface area contributed by atoms with Crippen molar-refractivity contribution in [2.75, 3.05) is 19.7 Å². The summed E-state index contributed by atoms with van der Waals surface area (Å²) in [4.78, 5) is 26.7. The van der Waals surface area contributed by atoms with Crippen molar-refractivity contribution in [2.24, 2.45) is 0 Å². The Morgan fingerprint density at radius 3 is 2.69 bits per heavy atom. The molecule has 2 heterocycles. The van der Waals surface area contributed by atoms with Gasteiger partial charge in [-0.15, -0.1) is 0 Å². The molecule has 0 aliphatic carbocycles. The number of amides is 2. The van der Waals surface area contributed by atoms with Gasteiger partial charge in [0.25, 0.3) is 0 Å². The van der Waals surface area contributed by atoms with Crippen molar-refractivity contribution in [3.05, 3.63) is 0 Å². The van der Waals surface area contributed by atoms with Crippen LogP contribution >= 0.6 is 0 Å². The van der Waals surface area contributed by atoms with Gasteiger partial charge in [0.15, 0.2) is 0 Å². The van der Waals surface area contributed by atoms with Crippen molar-refractivity contribution in [1.82, 2.24) is 9.80 Å². The molecule has 0 saturated carbocycles. The molecule has 0 unspecified atom stereocenters. The fourth-order valence-electron chi connectivity index (χ4n) is 2.55. The first-order chi connectivity index (χ1) is 7.50. The van der Waals surface area contributed by atoms with Crippen molar-refractivity contribution in [3.8, 4) is 0 Å². The van der Waals surface area contributed by atoms with Gasteiger partial charge in [0.1, 0.15) is 6.61 Å². The quantitative estimate of drug-likeness (QED) is 0.625. The fraction of sp³-hybridized carbons (Fsp3) is 0.818. The molecule has 0 spiro atoms. The summed E-state index contributed by atoms with van der Waals surface area (Å²) in [7, 11) is 0. The van der Waals surface area contributed by atoms with Gasteiger partial charge in [-0.05, 0) is 13.8 Å². The summed E-state index contributed by atoms with van der Waals surface area (Å²) in [6.45, 7) is 6.90. The smallest absolute Gasteiger partial charge is 0.249 e. The molecule has 2 amide bonds. The topological polar surface area (TPSA) is 49.9 Å². The summed E-state index contributed by atoms with van der Waals surface area (Å²) in [6, 6.07) is 0.195. The fourth-order valence-corrected chi connectivity index (χ4v) is 2.55. The van der Waals surface area contributed by atoms with E-state index in [0.717, 1.165) is 0 Å². The van der Waals surface area contributed by atoms with Crippen LogP contribution in [0, 0.1) is 0 Å². The normalized spacial score (nSPS) is 29.9. The molecule has 5 nitrogen and oxygen atoms in total. The predicted molar refractivity (Wildman–Crippen MR) is 57.8 cm³/mol. The van der Waals surface area contributed by atoms with E-state index in [4.69, 9.17) is 4.74 Å². The first-order valence-electron chi connectivity index (χ1n) is 5.69. The third kappa shape index (κ3) is 1.80. The van der Waals surface area contributed by atoms with E-state index in [1.165, 1.54) is 0 Å². The number of nitrogens with zero attached hydrogens (tertiary/aromatic N) is 2. The number of carbonyl (C=O) groups is 2. The molecule has 0 bridgehead atoms. The number of morpholine rings is 1. The van der Waals surface area contributed by atoms with Crippen LogP contribution in [0.15, 0.2) is 0 Å². The summed E-state index contributed by atoms with van der Waals surface area (Å²) in [5.41, 5.74) is 0. The second-order valence-electron chi connectivity index (χ2n) is 4.74. The van der Waals surface area contributed by atoms with Crippen LogP contribution < -0.4 is 0 Å². The van der Waals surface area contributed by atoms with Crippen LogP contribution in [0.5, 0.6) is 0 Å². The van der Waals surface area contributed by atoms with Crippen LogP contribution in [0.25, 0.3) is 0 Å². The SMILES string of the molecule is CC(=O)N1C[C@@H]2OCC(=O)N(C(C)C)[C@@H]2C1. The van der Waals surface area contributed by atoms with Crippen molar-refractivity contribution in [3.63, 3.8) is 0 Å². The molecule has 2 atom stereocenters. The number of hydrogen-bond donors (Lipinski definition) is 0. The van der Waals surface area contributed by atoms with E-state index < -0.39 is 0 Å². The Balaban J connectivity index is 2.15. The van der Waals surface area contributed by atoms with E-state index in [2.05, 4.69) is 0 Å². The first kappa shape index (κ1) is 11.4. The van der Waals surface area contributed by atoms with Crippen LogP contribution in [-0.2, 0) is 14.3 Å². The monoisotopic (exact) mass is 226 g/mol. The van der Waals surface area contributed by atoms with Crippen molar-refractivity contribution >= 4 is 11.8 Å². The molecule has 2 fully saturated rings. The highest BCUT2D eigenvalue weighted by Crippen LogP contribution is 2.25. The van der Waals surface area contributed by atoms with Gasteiger partial charge >= 0.3 is 0 Å². The maximum Gasteiger partial charge on any atom is 0.249 e. The summed E-state index contributed by atoms with van der Waals surface area (Å²) < 4.78 is 5.49. The molecule has 90 valence electrons. The minimum atomic E-state index is -0.0102. The molecular weight excluding hydrogens is 208 g/mol. The molecule has 2 aliphatic heterocycles. The molecule has 5 heteroatoms. The molecule has 0 radical (unpaired) electrons. The largest absolute Gasteiger partial charge is 0.364 e. The van der Waals surface area contributed by atoms with Crippen LogP contribution in [0.3, 0.4) is 0 Å². The maximum atomic E-state index is 11.8. The Hall–Kier alpha value is -1.10. The summed E-state index contributed by atoms with van der Waals surface area (Å²) >= 11 is 0. The zero-order valence-electron chi connectivity index (χ0n) is 9.97. The lowest BCUT2D eigenvalue weighted by Crippen LogP contribution is -2.56. The van der Waals surface area contributed by atoms with Crippen LogP contribution in [-0.4, -0.2) is 59.5 Å². The van der Waals surface area contributed by atoms with Gasteiger partial charge in [0.2, 0.25) is 11.8 Å². The number of hydrogen-bond acceptors (Lipinski definition) is 3. The van der Waals surface area contributed by atoms with Crippen molar-refractivity contribution in [2.45, 2.75) is 39.0 Å². The van der Waals surface area contributed by atoms with Gasteiger partial charge in [-0.2, -0.15) is 0 Å². The minimum absolute atomic E-state index is 0.0102. The van der Waals surface area contributed by atoms with Crippen molar-refractivity contribution < 1.29 is 14.3 Å². The number of rotatable bonds is 1. The third-order valence-corrected chi connectivity index (χ3v) is 3.30. The predicted octanol–water partition coefficient (Wildman–Crippen LogP) is -0.147. The number of fused-ring (bicyclic) bond motifs is 1. The Bertz CT molecular complexity index is 316. The highest BCUT2D eigenvalue weighted by Gasteiger charge is 2.44. The van der Waals surface area contributed by atoms with E-state index in [0.29, 0.717) is 13.1 Å². The van der Waals surface area contributed by atoms with E-state index >= 15 is 0 Å². The van der Waals surface area contributed by atoms with Crippen LogP contribution in [0.1, 0.15) is 20.8 Å². The highest BCUT2D eigenvalue weighted by atomic mass is 16.5. The first-order valence-corrected chi connectivity index (χ1v) is 5.69. The molecular formula is C11H18N2O3.